The maximum absolute atomic E-state index is 11.4. The number of carbonyl (C=O) groups excluding carboxylic acids is 1. The molecule has 78 valence electrons. The van der Waals surface area contributed by atoms with Gasteiger partial charge in [-0.25, -0.2) is 0 Å². The summed E-state index contributed by atoms with van der Waals surface area (Å²) < 4.78 is 5.54. The molecular formula is C12H18O2. The lowest BCUT2D eigenvalue weighted by Crippen LogP contribution is -2.26. The Bertz CT molecular complexity index is 249. The van der Waals surface area contributed by atoms with Crippen molar-refractivity contribution in [2.45, 2.75) is 57.2 Å². The number of rotatable bonds is 1. The van der Waals surface area contributed by atoms with E-state index in [9.17, 15) is 4.79 Å². The van der Waals surface area contributed by atoms with Crippen molar-refractivity contribution in [3.05, 3.63) is 0 Å². The predicted molar refractivity (Wildman–Crippen MR) is 53.0 cm³/mol. The molecule has 0 aromatic heterocycles. The lowest BCUT2D eigenvalue weighted by molar-refractivity contribution is -0.122. The van der Waals surface area contributed by atoms with Crippen molar-refractivity contribution in [1.82, 2.24) is 0 Å². The lowest BCUT2D eigenvalue weighted by Gasteiger charge is -2.30. The van der Waals surface area contributed by atoms with E-state index in [0.29, 0.717) is 23.9 Å². The summed E-state index contributed by atoms with van der Waals surface area (Å²) in [5, 5.41) is 0. The molecule has 0 radical (unpaired) electrons. The molecule has 4 atom stereocenters. The van der Waals surface area contributed by atoms with Crippen LogP contribution in [-0.2, 0) is 9.53 Å². The van der Waals surface area contributed by atoms with Crippen molar-refractivity contribution in [1.29, 1.82) is 0 Å². The highest BCUT2D eigenvalue weighted by atomic mass is 16.6. The summed E-state index contributed by atoms with van der Waals surface area (Å²) in [7, 11) is 0. The third-order valence-electron chi connectivity index (χ3n) is 4.23. The van der Waals surface area contributed by atoms with Crippen LogP contribution in [0.1, 0.15) is 44.9 Å². The number of epoxide rings is 1. The maximum Gasteiger partial charge on any atom is 0.133 e. The summed E-state index contributed by atoms with van der Waals surface area (Å²) in [6.45, 7) is 0. The Morgan fingerprint density at radius 1 is 1.07 bits per heavy atom. The van der Waals surface area contributed by atoms with Gasteiger partial charge in [-0.15, -0.1) is 0 Å². The van der Waals surface area contributed by atoms with Gasteiger partial charge in [0.15, 0.2) is 0 Å². The van der Waals surface area contributed by atoms with Gasteiger partial charge in [-0.1, -0.05) is 0 Å². The van der Waals surface area contributed by atoms with Crippen LogP contribution in [0.25, 0.3) is 0 Å². The van der Waals surface area contributed by atoms with E-state index in [1.54, 1.807) is 0 Å². The Kier molecular flexibility index (Phi) is 2.12. The molecule has 0 aromatic carbocycles. The number of ketones is 1. The van der Waals surface area contributed by atoms with Crippen LogP contribution in [0.3, 0.4) is 0 Å². The standard InChI is InChI=1S/C12H18O2/c13-10-3-1-2-8(6-10)9-4-5-11-12(7-9)14-11/h8-9,11-12H,1-7H2. The van der Waals surface area contributed by atoms with Gasteiger partial charge in [-0.2, -0.15) is 0 Å². The molecule has 1 saturated heterocycles. The first-order chi connectivity index (χ1) is 6.83. The Morgan fingerprint density at radius 2 is 2.00 bits per heavy atom. The average molecular weight is 194 g/mol. The number of fused-ring (bicyclic) bond motifs is 1. The van der Waals surface area contributed by atoms with E-state index in [-0.39, 0.29) is 0 Å². The monoisotopic (exact) mass is 194 g/mol. The van der Waals surface area contributed by atoms with Crippen LogP contribution in [0.2, 0.25) is 0 Å². The predicted octanol–water partition coefficient (Wildman–Crippen LogP) is 2.31. The second kappa shape index (κ2) is 3.34. The molecule has 3 rings (SSSR count). The van der Waals surface area contributed by atoms with Crippen LogP contribution in [0.4, 0.5) is 0 Å². The highest BCUT2D eigenvalue weighted by Crippen LogP contribution is 2.44. The maximum atomic E-state index is 11.4. The van der Waals surface area contributed by atoms with Gasteiger partial charge >= 0.3 is 0 Å². The van der Waals surface area contributed by atoms with Gasteiger partial charge in [-0.05, 0) is 43.9 Å². The van der Waals surface area contributed by atoms with E-state index in [0.717, 1.165) is 25.2 Å². The van der Waals surface area contributed by atoms with Crippen LogP contribution in [-0.4, -0.2) is 18.0 Å². The highest BCUT2D eigenvalue weighted by Gasteiger charge is 2.45. The first-order valence-corrected chi connectivity index (χ1v) is 6.00. The summed E-state index contributed by atoms with van der Waals surface area (Å²) in [4.78, 5) is 11.4. The van der Waals surface area contributed by atoms with E-state index in [1.807, 2.05) is 0 Å². The Balaban J connectivity index is 1.60. The van der Waals surface area contributed by atoms with E-state index in [2.05, 4.69) is 0 Å². The minimum atomic E-state index is 0.500. The topological polar surface area (TPSA) is 29.6 Å². The molecular weight excluding hydrogens is 176 g/mol. The molecule has 3 fully saturated rings. The molecule has 4 unspecified atom stereocenters. The number of Topliss-reactive ketones (excluding diaryl/α,β-unsaturated/α-hetero) is 1. The van der Waals surface area contributed by atoms with E-state index < -0.39 is 0 Å². The summed E-state index contributed by atoms with van der Waals surface area (Å²) in [5.74, 6) is 1.99. The highest BCUT2D eigenvalue weighted by molar-refractivity contribution is 5.79. The number of hydrogen-bond donors (Lipinski definition) is 0. The molecule has 0 aromatic rings. The van der Waals surface area contributed by atoms with Gasteiger partial charge < -0.3 is 4.74 Å². The van der Waals surface area contributed by atoms with Crippen molar-refractivity contribution >= 4 is 5.78 Å². The number of carbonyl (C=O) groups is 1. The Morgan fingerprint density at radius 3 is 2.79 bits per heavy atom. The molecule has 2 nitrogen and oxygen atoms in total. The van der Waals surface area contributed by atoms with Crippen LogP contribution in [0, 0.1) is 11.8 Å². The lowest BCUT2D eigenvalue weighted by atomic mass is 9.73. The largest absolute Gasteiger partial charge is 0.370 e. The Labute approximate surface area is 85.0 Å². The van der Waals surface area contributed by atoms with Gasteiger partial charge in [0.1, 0.15) is 5.78 Å². The fourth-order valence-electron chi connectivity index (χ4n) is 3.32. The molecule has 14 heavy (non-hydrogen) atoms. The molecule has 2 aliphatic carbocycles. The van der Waals surface area contributed by atoms with Gasteiger partial charge in [-0.3, -0.25) is 4.79 Å². The molecule has 0 bridgehead atoms. The molecule has 0 amide bonds. The third kappa shape index (κ3) is 1.60. The molecule has 2 saturated carbocycles. The van der Waals surface area contributed by atoms with Gasteiger partial charge in [0.2, 0.25) is 0 Å². The molecule has 1 heterocycles. The molecule has 2 heteroatoms. The molecule has 0 N–H and O–H groups in total. The first-order valence-electron chi connectivity index (χ1n) is 6.00. The molecule has 0 spiro atoms. The minimum absolute atomic E-state index is 0.500. The van der Waals surface area contributed by atoms with Gasteiger partial charge in [0.05, 0.1) is 12.2 Å². The van der Waals surface area contributed by atoms with Crippen LogP contribution >= 0.6 is 0 Å². The summed E-state index contributed by atoms with van der Waals surface area (Å²) in [6.07, 6.45) is 9.09. The third-order valence-corrected chi connectivity index (χ3v) is 4.23. The number of ether oxygens (including phenoxy) is 1. The van der Waals surface area contributed by atoms with Gasteiger partial charge in [0.25, 0.3) is 0 Å². The first kappa shape index (κ1) is 8.90. The molecule has 1 aliphatic heterocycles. The second-order valence-corrected chi connectivity index (χ2v) is 5.18. The normalized spacial score (nSPS) is 47.3. The van der Waals surface area contributed by atoms with E-state index in [4.69, 9.17) is 4.74 Å². The fraction of sp³-hybridized carbons (Fsp3) is 0.917. The quantitative estimate of drug-likeness (QED) is 0.599. The Hall–Kier alpha value is -0.370. The fourth-order valence-corrected chi connectivity index (χ4v) is 3.32. The van der Waals surface area contributed by atoms with Crippen LogP contribution in [0.5, 0.6) is 0 Å². The van der Waals surface area contributed by atoms with E-state index in [1.165, 1.54) is 25.7 Å². The van der Waals surface area contributed by atoms with Gasteiger partial charge in [0, 0.05) is 12.8 Å². The number of hydrogen-bond acceptors (Lipinski definition) is 2. The zero-order valence-corrected chi connectivity index (χ0v) is 8.58. The van der Waals surface area contributed by atoms with Crippen molar-refractivity contribution in [3.8, 4) is 0 Å². The summed E-state index contributed by atoms with van der Waals surface area (Å²) in [5.41, 5.74) is 0. The van der Waals surface area contributed by atoms with Crippen molar-refractivity contribution in [3.63, 3.8) is 0 Å². The molecule has 3 aliphatic rings. The van der Waals surface area contributed by atoms with E-state index >= 15 is 0 Å². The summed E-state index contributed by atoms with van der Waals surface area (Å²) in [6, 6.07) is 0. The smallest absolute Gasteiger partial charge is 0.133 e. The second-order valence-electron chi connectivity index (χ2n) is 5.18. The SMILES string of the molecule is O=C1CCCC(C2CCC3OC3C2)C1. The van der Waals surface area contributed by atoms with Crippen molar-refractivity contribution < 1.29 is 9.53 Å². The zero-order valence-electron chi connectivity index (χ0n) is 8.58. The average Bonchev–Trinajstić information content (AvgIpc) is 2.95. The minimum Gasteiger partial charge on any atom is -0.370 e. The van der Waals surface area contributed by atoms with Crippen molar-refractivity contribution in [2.75, 3.05) is 0 Å². The van der Waals surface area contributed by atoms with Crippen molar-refractivity contribution in [2.24, 2.45) is 11.8 Å². The summed E-state index contributed by atoms with van der Waals surface area (Å²) >= 11 is 0. The van der Waals surface area contributed by atoms with Crippen LogP contribution < -0.4 is 0 Å². The van der Waals surface area contributed by atoms with Crippen LogP contribution in [0.15, 0.2) is 0 Å². The zero-order chi connectivity index (χ0) is 9.54.